The summed E-state index contributed by atoms with van der Waals surface area (Å²) in [5.41, 5.74) is 4.04. The number of halogens is 2. The zero-order valence-electron chi connectivity index (χ0n) is 16.3. The van der Waals surface area contributed by atoms with Gasteiger partial charge < -0.3 is 9.15 Å². The van der Waals surface area contributed by atoms with Crippen LogP contribution in [0.1, 0.15) is 30.0 Å². The number of carbonyl (C=O) groups is 1. The quantitative estimate of drug-likeness (QED) is 0.167. The molecule has 0 saturated carbocycles. The lowest BCUT2D eigenvalue weighted by molar-refractivity contribution is 0.0929. The normalized spacial score (nSPS) is 11.6. The van der Waals surface area contributed by atoms with E-state index in [0.29, 0.717) is 11.3 Å². The van der Waals surface area contributed by atoms with Crippen LogP contribution in [0.5, 0.6) is 5.75 Å². The fourth-order valence-corrected chi connectivity index (χ4v) is 4.82. The number of ether oxygens (including phenoxy) is 1. The first kappa shape index (κ1) is 20.9. The molecule has 5 nitrogen and oxygen atoms in total. The molecule has 1 aromatic heterocycles. The van der Waals surface area contributed by atoms with E-state index in [9.17, 15) is 4.79 Å². The molecule has 0 atom stereocenters. The molecule has 0 aliphatic rings. The maximum absolute atomic E-state index is 12.6. The van der Waals surface area contributed by atoms with Crippen molar-refractivity contribution >= 4 is 72.4 Å². The van der Waals surface area contributed by atoms with Crippen LogP contribution in [-0.4, -0.2) is 18.2 Å². The Morgan fingerprint density at radius 3 is 2.77 bits per heavy atom. The van der Waals surface area contributed by atoms with Crippen molar-refractivity contribution in [1.29, 1.82) is 0 Å². The summed E-state index contributed by atoms with van der Waals surface area (Å²) in [7, 11) is 0. The van der Waals surface area contributed by atoms with Crippen LogP contribution in [-0.2, 0) is 0 Å². The highest BCUT2D eigenvalue weighted by Gasteiger charge is 2.14. The number of hydrogen-bond acceptors (Lipinski definition) is 4. The molecule has 1 heterocycles. The molecule has 1 amide bonds. The Kier molecular flexibility index (Phi) is 6.10. The Balaban J connectivity index is 1.62. The zero-order valence-corrected chi connectivity index (χ0v) is 20.0. The smallest absolute Gasteiger partial charge is 0.307 e. The molecule has 0 bridgehead atoms. The van der Waals surface area contributed by atoms with E-state index in [4.69, 9.17) is 9.15 Å². The van der Waals surface area contributed by atoms with Gasteiger partial charge in [0.2, 0.25) is 0 Å². The number of nitrogens with one attached hydrogen (secondary N) is 1. The van der Waals surface area contributed by atoms with Crippen LogP contribution in [0.4, 0.5) is 0 Å². The molecular weight excluding hydrogens is 559 g/mol. The minimum atomic E-state index is -0.416. The van der Waals surface area contributed by atoms with Gasteiger partial charge in [-0.3, -0.25) is 4.79 Å². The molecule has 0 saturated heterocycles. The summed E-state index contributed by atoms with van der Waals surface area (Å²) in [5, 5.41) is 7.09. The van der Waals surface area contributed by atoms with Crippen LogP contribution >= 0.6 is 38.5 Å². The van der Waals surface area contributed by atoms with Crippen molar-refractivity contribution in [2.75, 3.05) is 0 Å². The van der Waals surface area contributed by atoms with Crippen LogP contribution in [0.15, 0.2) is 68.6 Å². The lowest BCUT2D eigenvalue weighted by Gasteiger charge is -2.14. The van der Waals surface area contributed by atoms with Crippen LogP contribution in [0, 0.1) is 3.57 Å². The standard InChI is InChI=1S/C23H18BrIN2O3/c1-13(2)29-20-8-7-14-5-3-4-6-17(14)18(20)12-26-27-23(28)21-10-15-9-16(24)11-19(25)22(15)30-21/h3-13H,1-2H3,(H,27,28)/b26-12-. The van der Waals surface area contributed by atoms with E-state index in [2.05, 4.69) is 49.0 Å². The Labute approximate surface area is 195 Å². The third-order valence-electron chi connectivity index (χ3n) is 4.41. The van der Waals surface area contributed by atoms with Gasteiger partial charge >= 0.3 is 5.91 Å². The number of fused-ring (bicyclic) bond motifs is 2. The zero-order chi connectivity index (χ0) is 21.3. The molecule has 4 rings (SSSR count). The molecule has 0 fully saturated rings. The molecule has 0 aliphatic carbocycles. The van der Waals surface area contributed by atoms with Crippen LogP contribution in [0.25, 0.3) is 21.7 Å². The highest BCUT2D eigenvalue weighted by molar-refractivity contribution is 14.1. The molecule has 1 N–H and O–H groups in total. The van der Waals surface area contributed by atoms with Crippen LogP contribution < -0.4 is 10.2 Å². The Morgan fingerprint density at radius 1 is 1.17 bits per heavy atom. The number of hydrazone groups is 1. The summed E-state index contributed by atoms with van der Waals surface area (Å²) in [4.78, 5) is 12.6. The highest BCUT2D eigenvalue weighted by atomic mass is 127. The lowest BCUT2D eigenvalue weighted by Crippen LogP contribution is -2.17. The van der Waals surface area contributed by atoms with Gasteiger partial charge in [-0.05, 0) is 71.5 Å². The molecule has 30 heavy (non-hydrogen) atoms. The third kappa shape index (κ3) is 4.37. The summed E-state index contributed by atoms with van der Waals surface area (Å²) < 4.78 is 13.5. The summed E-state index contributed by atoms with van der Waals surface area (Å²) in [6.45, 7) is 3.94. The van der Waals surface area contributed by atoms with Crippen LogP contribution in [0.3, 0.4) is 0 Å². The van der Waals surface area contributed by atoms with E-state index in [-0.39, 0.29) is 11.9 Å². The molecule has 7 heteroatoms. The highest BCUT2D eigenvalue weighted by Crippen LogP contribution is 2.29. The second-order valence-corrected chi connectivity index (χ2v) is 9.06. The number of carbonyl (C=O) groups excluding carboxylic acids is 1. The number of nitrogens with zero attached hydrogens (tertiary/aromatic N) is 1. The van der Waals surface area contributed by atoms with Gasteiger partial charge in [0.05, 0.1) is 15.9 Å². The Morgan fingerprint density at radius 2 is 1.97 bits per heavy atom. The maximum atomic E-state index is 12.6. The summed E-state index contributed by atoms with van der Waals surface area (Å²) >= 11 is 5.64. The Hall–Kier alpha value is -2.39. The summed E-state index contributed by atoms with van der Waals surface area (Å²) in [6, 6.07) is 17.5. The number of benzene rings is 3. The van der Waals surface area contributed by atoms with Gasteiger partial charge in [0, 0.05) is 15.4 Å². The van der Waals surface area contributed by atoms with E-state index in [1.165, 1.54) is 0 Å². The van der Waals surface area contributed by atoms with E-state index in [0.717, 1.165) is 29.8 Å². The number of rotatable bonds is 5. The first-order chi connectivity index (χ1) is 14.4. The fraction of sp³-hybridized carbons (Fsp3) is 0.130. The minimum Gasteiger partial charge on any atom is -0.490 e. The van der Waals surface area contributed by atoms with Gasteiger partial charge in [-0.2, -0.15) is 5.10 Å². The average molecular weight is 577 g/mol. The van der Waals surface area contributed by atoms with Gasteiger partial charge in [-0.15, -0.1) is 0 Å². The van der Waals surface area contributed by atoms with Gasteiger partial charge in [0.25, 0.3) is 0 Å². The third-order valence-corrected chi connectivity index (χ3v) is 5.67. The number of furan rings is 1. The SMILES string of the molecule is CC(C)Oc1ccc2ccccc2c1/C=N\NC(=O)c1cc2cc(Br)cc(I)c2o1. The topological polar surface area (TPSA) is 63.8 Å². The van der Waals surface area contributed by atoms with Crippen molar-refractivity contribution in [3.05, 3.63) is 74.0 Å². The van der Waals surface area contributed by atoms with Crippen molar-refractivity contribution in [2.24, 2.45) is 5.10 Å². The molecule has 152 valence electrons. The van der Waals surface area contributed by atoms with Crippen molar-refractivity contribution in [1.82, 2.24) is 5.43 Å². The molecule has 0 spiro atoms. The first-order valence-electron chi connectivity index (χ1n) is 9.33. The number of amides is 1. The van der Waals surface area contributed by atoms with Gasteiger partial charge in [-0.1, -0.05) is 46.3 Å². The first-order valence-corrected chi connectivity index (χ1v) is 11.2. The van der Waals surface area contributed by atoms with Gasteiger partial charge in [0.15, 0.2) is 5.76 Å². The molecular formula is C23H18BrIN2O3. The van der Waals surface area contributed by atoms with Crippen LogP contribution in [0.2, 0.25) is 0 Å². The molecule has 3 aromatic carbocycles. The predicted molar refractivity (Wildman–Crippen MR) is 131 cm³/mol. The Bertz CT molecular complexity index is 1280. The predicted octanol–water partition coefficient (Wildman–Crippen LogP) is 6.50. The molecule has 0 aliphatic heterocycles. The maximum Gasteiger partial charge on any atom is 0.307 e. The van der Waals surface area contributed by atoms with E-state index >= 15 is 0 Å². The lowest BCUT2D eigenvalue weighted by atomic mass is 10.0. The van der Waals surface area contributed by atoms with Crippen molar-refractivity contribution in [2.45, 2.75) is 20.0 Å². The average Bonchev–Trinajstić information content (AvgIpc) is 3.13. The van der Waals surface area contributed by atoms with Crippen molar-refractivity contribution in [3.63, 3.8) is 0 Å². The van der Waals surface area contributed by atoms with Gasteiger partial charge in [-0.25, -0.2) is 5.43 Å². The molecule has 0 radical (unpaired) electrons. The van der Waals surface area contributed by atoms with E-state index < -0.39 is 5.91 Å². The molecule has 0 unspecified atom stereocenters. The van der Waals surface area contributed by atoms with Gasteiger partial charge in [0.1, 0.15) is 11.3 Å². The fourth-order valence-electron chi connectivity index (χ4n) is 3.16. The monoisotopic (exact) mass is 576 g/mol. The summed E-state index contributed by atoms with van der Waals surface area (Å²) in [6.07, 6.45) is 1.63. The number of hydrogen-bond donors (Lipinski definition) is 1. The molecule has 4 aromatic rings. The van der Waals surface area contributed by atoms with E-state index in [1.54, 1.807) is 12.3 Å². The minimum absolute atomic E-state index is 0.0187. The van der Waals surface area contributed by atoms with Crippen molar-refractivity contribution in [3.8, 4) is 5.75 Å². The van der Waals surface area contributed by atoms with E-state index in [1.807, 2.05) is 62.4 Å². The second kappa shape index (κ2) is 8.77. The largest absolute Gasteiger partial charge is 0.490 e. The summed E-state index contributed by atoms with van der Waals surface area (Å²) in [5.74, 6) is 0.500. The van der Waals surface area contributed by atoms with Crippen molar-refractivity contribution < 1.29 is 13.9 Å². The second-order valence-electron chi connectivity index (χ2n) is 6.98.